The minimum Gasteiger partial charge on any atom is -0.493 e. The van der Waals surface area contributed by atoms with Gasteiger partial charge < -0.3 is 10.5 Å². The molecule has 2 N–H and O–H groups in total. The molecule has 2 aromatic rings. The first-order chi connectivity index (χ1) is 8.65. The second kappa shape index (κ2) is 4.85. The number of fused-ring (bicyclic) bond motifs is 1. The maximum Gasteiger partial charge on any atom is 0.127 e. The average Bonchev–Trinajstić information content (AvgIpc) is 2.95. The van der Waals surface area contributed by atoms with E-state index in [1.54, 1.807) is 11.3 Å². The molecule has 1 aliphatic rings. The van der Waals surface area contributed by atoms with Gasteiger partial charge >= 0.3 is 0 Å². The molecule has 0 saturated heterocycles. The molecule has 1 aromatic heterocycles. The largest absolute Gasteiger partial charge is 0.493 e. The highest BCUT2D eigenvalue weighted by molar-refractivity contribution is 9.11. The highest BCUT2D eigenvalue weighted by Crippen LogP contribution is 2.38. The van der Waals surface area contributed by atoms with E-state index in [0.717, 1.165) is 37.7 Å². The van der Waals surface area contributed by atoms with Crippen LogP contribution in [-0.2, 0) is 6.42 Å². The van der Waals surface area contributed by atoms with Crippen molar-refractivity contribution in [3.63, 3.8) is 0 Å². The van der Waals surface area contributed by atoms with Gasteiger partial charge in [-0.1, -0.05) is 11.6 Å². The van der Waals surface area contributed by atoms with Crippen LogP contribution in [-0.4, -0.2) is 6.61 Å². The van der Waals surface area contributed by atoms with Crippen LogP contribution in [0.25, 0.3) is 0 Å². The number of rotatable bonds is 2. The summed E-state index contributed by atoms with van der Waals surface area (Å²) in [6, 6.07) is 5.71. The molecule has 18 heavy (non-hydrogen) atoms. The molecule has 0 bridgehead atoms. The van der Waals surface area contributed by atoms with Gasteiger partial charge in [-0.05, 0) is 50.6 Å². The number of nitrogens with two attached hydrogens (primary N) is 1. The lowest BCUT2D eigenvalue weighted by Crippen LogP contribution is -2.12. The Kier molecular flexibility index (Phi) is 3.36. The fourth-order valence-electron chi connectivity index (χ4n) is 2.20. The van der Waals surface area contributed by atoms with Gasteiger partial charge in [0.25, 0.3) is 0 Å². The Morgan fingerprint density at radius 1 is 1.39 bits per heavy atom. The molecule has 1 atom stereocenters. The van der Waals surface area contributed by atoms with Crippen molar-refractivity contribution >= 4 is 38.9 Å². The fraction of sp³-hybridized carbons (Fsp3) is 0.231. The summed E-state index contributed by atoms with van der Waals surface area (Å²) in [4.78, 5) is 0. The van der Waals surface area contributed by atoms with Crippen LogP contribution in [0.1, 0.15) is 22.7 Å². The van der Waals surface area contributed by atoms with Gasteiger partial charge in [-0.25, -0.2) is 0 Å². The lowest BCUT2D eigenvalue weighted by molar-refractivity contribution is 0.352. The Morgan fingerprint density at radius 2 is 2.22 bits per heavy atom. The van der Waals surface area contributed by atoms with Gasteiger partial charge in [0.1, 0.15) is 5.75 Å². The van der Waals surface area contributed by atoms with Crippen LogP contribution < -0.4 is 10.5 Å². The summed E-state index contributed by atoms with van der Waals surface area (Å²) < 4.78 is 6.76. The van der Waals surface area contributed by atoms with Crippen LogP contribution in [0.15, 0.2) is 27.4 Å². The number of ether oxygens (including phenoxy) is 1. The third-order valence-electron chi connectivity index (χ3n) is 3.06. The highest BCUT2D eigenvalue weighted by Gasteiger charge is 2.22. The Hall–Kier alpha value is -0.550. The van der Waals surface area contributed by atoms with Gasteiger partial charge in [-0.3, -0.25) is 0 Å². The lowest BCUT2D eigenvalue weighted by Gasteiger charge is -2.15. The molecule has 0 spiro atoms. The molecule has 0 aliphatic carbocycles. The van der Waals surface area contributed by atoms with Crippen molar-refractivity contribution < 1.29 is 4.74 Å². The van der Waals surface area contributed by atoms with E-state index in [1.165, 1.54) is 0 Å². The molecular formula is C13H11BrClNOS. The average molecular weight is 345 g/mol. The molecule has 94 valence electrons. The molecule has 2 heterocycles. The minimum atomic E-state index is -0.196. The summed E-state index contributed by atoms with van der Waals surface area (Å²) in [5, 5.41) is 2.77. The summed E-state index contributed by atoms with van der Waals surface area (Å²) in [7, 11) is 0. The molecule has 0 amide bonds. The maximum atomic E-state index is 6.32. The van der Waals surface area contributed by atoms with Crippen molar-refractivity contribution in [2.75, 3.05) is 6.61 Å². The summed E-state index contributed by atoms with van der Waals surface area (Å²) in [5.74, 6) is 0.911. The zero-order valence-corrected chi connectivity index (χ0v) is 12.6. The van der Waals surface area contributed by atoms with Crippen LogP contribution in [0.2, 0.25) is 5.02 Å². The molecule has 5 heteroatoms. The SMILES string of the molecule is NC(c1csc(Br)c1)c1cc(Cl)cc2c1OCC2. The fourth-order valence-corrected chi connectivity index (χ4v) is 3.66. The molecule has 0 radical (unpaired) electrons. The molecule has 1 unspecified atom stereocenters. The van der Waals surface area contributed by atoms with E-state index in [1.807, 2.05) is 18.2 Å². The van der Waals surface area contributed by atoms with Gasteiger partial charge in [0.15, 0.2) is 0 Å². The zero-order chi connectivity index (χ0) is 12.7. The standard InChI is InChI=1S/C13H11BrClNOS/c14-11-4-8(6-18-11)12(16)10-5-9(15)3-7-1-2-17-13(7)10/h3-6,12H,1-2,16H2. The second-order valence-electron chi connectivity index (χ2n) is 4.24. The summed E-state index contributed by atoms with van der Waals surface area (Å²) in [6.45, 7) is 0.711. The van der Waals surface area contributed by atoms with Gasteiger partial charge in [0.2, 0.25) is 0 Å². The van der Waals surface area contributed by atoms with Gasteiger partial charge in [0, 0.05) is 17.0 Å². The normalized spacial score (nSPS) is 15.3. The molecular weight excluding hydrogens is 334 g/mol. The topological polar surface area (TPSA) is 35.2 Å². The van der Waals surface area contributed by atoms with Crippen LogP contribution in [0, 0.1) is 0 Å². The van der Waals surface area contributed by atoms with Crippen LogP contribution in [0.4, 0.5) is 0 Å². The van der Waals surface area contributed by atoms with Crippen molar-refractivity contribution in [3.05, 3.63) is 49.1 Å². The quantitative estimate of drug-likeness (QED) is 0.888. The molecule has 1 aliphatic heterocycles. The third-order valence-corrected chi connectivity index (χ3v) is 4.80. The van der Waals surface area contributed by atoms with Crippen molar-refractivity contribution in [2.45, 2.75) is 12.5 Å². The van der Waals surface area contributed by atoms with Gasteiger partial charge in [-0.15, -0.1) is 11.3 Å². The van der Waals surface area contributed by atoms with Crippen LogP contribution in [0.5, 0.6) is 5.75 Å². The lowest BCUT2D eigenvalue weighted by atomic mass is 9.98. The van der Waals surface area contributed by atoms with Crippen molar-refractivity contribution in [1.82, 2.24) is 0 Å². The summed E-state index contributed by atoms with van der Waals surface area (Å²) in [6.07, 6.45) is 0.906. The Bertz CT molecular complexity index is 599. The van der Waals surface area contributed by atoms with E-state index >= 15 is 0 Å². The van der Waals surface area contributed by atoms with Crippen molar-refractivity contribution in [2.24, 2.45) is 5.73 Å². The Labute approximate surface area is 123 Å². The first-order valence-corrected chi connectivity index (χ1v) is 7.65. The predicted octanol–water partition coefficient (Wildman–Crippen LogP) is 4.15. The second-order valence-corrected chi connectivity index (χ2v) is 6.97. The predicted molar refractivity (Wildman–Crippen MR) is 78.7 cm³/mol. The van der Waals surface area contributed by atoms with Gasteiger partial charge in [-0.2, -0.15) is 0 Å². The molecule has 3 rings (SSSR count). The zero-order valence-electron chi connectivity index (χ0n) is 9.45. The summed E-state index contributed by atoms with van der Waals surface area (Å²) >= 11 is 11.2. The molecule has 0 fully saturated rings. The van der Waals surface area contributed by atoms with E-state index in [0.29, 0.717) is 6.61 Å². The van der Waals surface area contributed by atoms with Crippen molar-refractivity contribution in [3.8, 4) is 5.75 Å². The van der Waals surface area contributed by atoms with E-state index in [-0.39, 0.29) is 6.04 Å². The maximum absolute atomic E-state index is 6.32. The number of hydrogen-bond donors (Lipinski definition) is 1. The van der Waals surface area contributed by atoms with Crippen LogP contribution >= 0.6 is 38.9 Å². The summed E-state index contributed by atoms with van der Waals surface area (Å²) in [5.41, 5.74) is 9.52. The van der Waals surface area contributed by atoms with Crippen molar-refractivity contribution in [1.29, 1.82) is 0 Å². The minimum absolute atomic E-state index is 0.196. The van der Waals surface area contributed by atoms with E-state index in [4.69, 9.17) is 22.1 Å². The molecule has 2 nitrogen and oxygen atoms in total. The highest BCUT2D eigenvalue weighted by atomic mass is 79.9. The molecule has 1 aromatic carbocycles. The first kappa shape index (κ1) is 12.5. The number of thiophene rings is 1. The van der Waals surface area contributed by atoms with E-state index in [2.05, 4.69) is 21.3 Å². The number of benzene rings is 1. The smallest absolute Gasteiger partial charge is 0.127 e. The monoisotopic (exact) mass is 343 g/mol. The Morgan fingerprint density at radius 3 is 2.94 bits per heavy atom. The van der Waals surface area contributed by atoms with Crippen LogP contribution in [0.3, 0.4) is 0 Å². The molecule has 0 saturated carbocycles. The number of halogens is 2. The first-order valence-electron chi connectivity index (χ1n) is 5.60. The van der Waals surface area contributed by atoms with E-state index in [9.17, 15) is 0 Å². The number of hydrogen-bond acceptors (Lipinski definition) is 3. The van der Waals surface area contributed by atoms with E-state index < -0.39 is 0 Å². The third kappa shape index (κ3) is 2.18. The van der Waals surface area contributed by atoms with Gasteiger partial charge in [0.05, 0.1) is 16.4 Å². The Balaban J connectivity index is 2.06.